The summed E-state index contributed by atoms with van der Waals surface area (Å²) in [7, 11) is -3.69. The molecule has 0 N–H and O–H groups in total. The molecule has 0 radical (unpaired) electrons. The van der Waals surface area contributed by atoms with Crippen LogP contribution in [0, 0.1) is 17.1 Å². The molecule has 0 spiro atoms. The SMILES string of the molecule is N#Cc1cc(S(=O)(=O)N2CCC(c3ccsc3)CC2)ccc1F. The van der Waals surface area contributed by atoms with E-state index in [-0.39, 0.29) is 10.5 Å². The van der Waals surface area contributed by atoms with Crippen molar-refractivity contribution in [1.82, 2.24) is 4.31 Å². The fourth-order valence-electron chi connectivity index (χ4n) is 2.84. The molecule has 0 amide bonds. The zero-order chi connectivity index (χ0) is 16.4. The minimum Gasteiger partial charge on any atom is -0.207 e. The first kappa shape index (κ1) is 16.1. The van der Waals surface area contributed by atoms with Gasteiger partial charge < -0.3 is 0 Å². The third-order valence-electron chi connectivity index (χ3n) is 4.16. The van der Waals surface area contributed by atoms with Gasteiger partial charge in [-0.2, -0.15) is 20.9 Å². The van der Waals surface area contributed by atoms with Gasteiger partial charge in [0, 0.05) is 13.1 Å². The van der Waals surface area contributed by atoms with Crippen LogP contribution in [0.5, 0.6) is 0 Å². The monoisotopic (exact) mass is 350 g/mol. The Morgan fingerprint density at radius 2 is 2.00 bits per heavy atom. The average Bonchev–Trinajstić information content (AvgIpc) is 3.09. The number of hydrogen-bond acceptors (Lipinski definition) is 4. The number of piperidine rings is 1. The van der Waals surface area contributed by atoms with Gasteiger partial charge in [-0.1, -0.05) is 0 Å². The molecule has 1 fully saturated rings. The molecule has 1 aliphatic heterocycles. The van der Waals surface area contributed by atoms with Gasteiger partial charge in [0.2, 0.25) is 10.0 Å². The lowest BCUT2D eigenvalue weighted by Gasteiger charge is -2.31. The van der Waals surface area contributed by atoms with Crippen molar-refractivity contribution in [3.05, 3.63) is 52.0 Å². The summed E-state index contributed by atoms with van der Waals surface area (Å²) in [6.07, 6.45) is 1.53. The smallest absolute Gasteiger partial charge is 0.207 e. The molecule has 1 aromatic heterocycles. The van der Waals surface area contributed by atoms with E-state index in [2.05, 4.69) is 11.4 Å². The first-order valence-corrected chi connectivity index (χ1v) is 9.62. The minimum atomic E-state index is -3.69. The van der Waals surface area contributed by atoms with Crippen molar-refractivity contribution >= 4 is 21.4 Å². The molecule has 1 aromatic carbocycles. The Kier molecular flexibility index (Phi) is 4.48. The standard InChI is InChI=1S/C16H15FN2O2S2/c17-16-2-1-15(9-14(16)10-18)23(20,21)19-6-3-12(4-7-19)13-5-8-22-11-13/h1-2,5,8-9,11-12H,3-4,6-7H2. The predicted molar refractivity (Wildman–Crippen MR) is 86.2 cm³/mol. The first-order valence-electron chi connectivity index (χ1n) is 7.24. The number of nitrogens with zero attached hydrogens (tertiary/aromatic N) is 2. The summed E-state index contributed by atoms with van der Waals surface area (Å²) in [5.74, 6) is -0.321. The van der Waals surface area contributed by atoms with Gasteiger partial charge in [-0.25, -0.2) is 12.8 Å². The van der Waals surface area contributed by atoms with E-state index in [1.165, 1.54) is 15.9 Å². The molecular weight excluding hydrogens is 335 g/mol. The summed E-state index contributed by atoms with van der Waals surface area (Å²) in [5, 5.41) is 13.0. The van der Waals surface area contributed by atoms with Gasteiger partial charge in [-0.3, -0.25) is 0 Å². The van der Waals surface area contributed by atoms with Crippen LogP contribution in [0.2, 0.25) is 0 Å². The lowest BCUT2D eigenvalue weighted by atomic mass is 9.92. The van der Waals surface area contributed by atoms with E-state index in [1.807, 2.05) is 5.38 Å². The Bertz CT molecular complexity index is 833. The highest BCUT2D eigenvalue weighted by Gasteiger charge is 2.30. The third-order valence-corrected chi connectivity index (χ3v) is 6.76. The van der Waals surface area contributed by atoms with Crippen molar-refractivity contribution in [1.29, 1.82) is 5.26 Å². The van der Waals surface area contributed by atoms with Crippen molar-refractivity contribution in [2.75, 3.05) is 13.1 Å². The highest BCUT2D eigenvalue weighted by Crippen LogP contribution is 2.32. The number of nitriles is 1. The van der Waals surface area contributed by atoms with Crippen LogP contribution in [0.3, 0.4) is 0 Å². The van der Waals surface area contributed by atoms with Gasteiger partial charge in [0.1, 0.15) is 11.9 Å². The summed E-state index contributed by atoms with van der Waals surface area (Å²) in [6, 6.07) is 7.12. The molecule has 0 bridgehead atoms. The van der Waals surface area contributed by atoms with Crippen LogP contribution in [0.15, 0.2) is 39.9 Å². The summed E-state index contributed by atoms with van der Waals surface area (Å²) in [6.45, 7) is 0.865. The molecule has 0 unspecified atom stereocenters. The molecule has 3 rings (SSSR count). The van der Waals surface area contributed by atoms with Gasteiger partial charge in [-0.05, 0) is 59.3 Å². The van der Waals surface area contributed by atoms with E-state index >= 15 is 0 Å². The molecule has 2 heterocycles. The number of hydrogen-bond donors (Lipinski definition) is 0. The number of thiophene rings is 1. The molecule has 0 atom stereocenters. The fourth-order valence-corrected chi connectivity index (χ4v) is 5.08. The summed E-state index contributed by atoms with van der Waals surface area (Å²) in [5.41, 5.74) is 1.01. The average molecular weight is 350 g/mol. The summed E-state index contributed by atoms with van der Waals surface area (Å²) in [4.78, 5) is -0.0237. The second kappa shape index (κ2) is 6.40. The second-order valence-corrected chi connectivity index (χ2v) is 8.21. The van der Waals surface area contributed by atoms with Crippen molar-refractivity contribution < 1.29 is 12.8 Å². The van der Waals surface area contributed by atoms with Crippen molar-refractivity contribution in [3.63, 3.8) is 0 Å². The van der Waals surface area contributed by atoms with Crippen LogP contribution in [0.1, 0.15) is 29.9 Å². The Balaban J connectivity index is 1.78. The first-order chi connectivity index (χ1) is 11.0. The molecule has 1 aliphatic rings. The van der Waals surface area contributed by atoms with E-state index in [4.69, 9.17) is 5.26 Å². The van der Waals surface area contributed by atoms with Gasteiger partial charge >= 0.3 is 0 Å². The minimum absolute atomic E-state index is 0.0237. The number of rotatable bonds is 3. The number of benzene rings is 1. The van der Waals surface area contributed by atoms with Crippen LogP contribution in [-0.2, 0) is 10.0 Å². The van der Waals surface area contributed by atoms with E-state index < -0.39 is 15.8 Å². The van der Waals surface area contributed by atoms with E-state index in [1.54, 1.807) is 17.4 Å². The fraction of sp³-hybridized carbons (Fsp3) is 0.312. The maximum absolute atomic E-state index is 13.4. The van der Waals surface area contributed by atoms with E-state index in [0.717, 1.165) is 25.0 Å². The normalized spacial score (nSPS) is 17.0. The Morgan fingerprint density at radius 3 is 2.61 bits per heavy atom. The van der Waals surface area contributed by atoms with Crippen LogP contribution in [0.25, 0.3) is 0 Å². The van der Waals surface area contributed by atoms with Crippen LogP contribution >= 0.6 is 11.3 Å². The van der Waals surface area contributed by atoms with Crippen molar-refractivity contribution in [2.45, 2.75) is 23.7 Å². The zero-order valence-electron chi connectivity index (χ0n) is 12.3. The lowest BCUT2D eigenvalue weighted by molar-refractivity contribution is 0.320. The molecule has 0 aliphatic carbocycles. The number of halogens is 1. The Labute approximate surface area is 138 Å². The second-order valence-electron chi connectivity index (χ2n) is 5.49. The van der Waals surface area contributed by atoms with Gasteiger partial charge in [0.05, 0.1) is 10.5 Å². The summed E-state index contributed by atoms with van der Waals surface area (Å²) < 4.78 is 40.1. The molecular formula is C16H15FN2O2S2. The zero-order valence-corrected chi connectivity index (χ0v) is 13.9. The van der Waals surface area contributed by atoms with Crippen LogP contribution in [0.4, 0.5) is 4.39 Å². The highest BCUT2D eigenvalue weighted by molar-refractivity contribution is 7.89. The van der Waals surface area contributed by atoms with E-state index in [0.29, 0.717) is 19.0 Å². The number of sulfonamides is 1. The molecule has 4 nitrogen and oxygen atoms in total. The van der Waals surface area contributed by atoms with Crippen LogP contribution < -0.4 is 0 Å². The van der Waals surface area contributed by atoms with Gasteiger partial charge in [-0.15, -0.1) is 0 Å². The topological polar surface area (TPSA) is 61.2 Å². The maximum Gasteiger partial charge on any atom is 0.243 e. The molecule has 120 valence electrons. The Hall–Kier alpha value is -1.75. The van der Waals surface area contributed by atoms with E-state index in [9.17, 15) is 12.8 Å². The molecule has 7 heteroatoms. The molecule has 2 aromatic rings. The van der Waals surface area contributed by atoms with Crippen molar-refractivity contribution in [2.24, 2.45) is 0 Å². The van der Waals surface area contributed by atoms with Gasteiger partial charge in [0.25, 0.3) is 0 Å². The highest BCUT2D eigenvalue weighted by atomic mass is 32.2. The van der Waals surface area contributed by atoms with Gasteiger partial charge in [0.15, 0.2) is 0 Å². The molecule has 23 heavy (non-hydrogen) atoms. The molecule has 1 saturated heterocycles. The third kappa shape index (κ3) is 3.15. The predicted octanol–water partition coefficient (Wildman–Crippen LogP) is 3.33. The lowest BCUT2D eigenvalue weighted by Crippen LogP contribution is -2.37. The quantitative estimate of drug-likeness (QED) is 0.853. The summed E-state index contributed by atoms with van der Waals surface area (Å²) >= 11 is 1.64. The molecule has 0 saturated carbocycles. The maximum atomic E-state index is 13.4. The Morgan fingerprint density at radius 1 is 1.26 bits per heavy atom. The van der Waals surface area contributed by atoms with Crippen LogP contribution in [-0.4, -0.2) is 25.8 Å². The van der Waals surface area contributed by atoms with Crippen molar-refractivity contribution in [3.8, 4) is 6.07 Å². The largest absolute Gasteiger partial charge is 0.243 e.